The largest absolute Gasteiger partial charge is 0.367 e. The van der Waals surface area contributed by atoms with Crippen molar-refractivity contribution in [3.8, 4) is 0 Å². The van der Waals surface area contributed by atoms with E-state index in [4.69, 9.17) is 4.74 Å². The summed E-state index contributed by atoms with van der Waals surface area (Å²) in [6.07, 6.45) is 11.8. The number of ether oxygens (including phenoxy) is 1. The van der Waals surface area contributed by atoms with Gasteiger partial charge in [-0.05, 0) is 51.9 Å². The number of carbonyl (C=O) groups is 1. The van der Waals surface area contributed by atoms with Crippen LogP contribution in [0.15, 0.2) is 23.8 Å². The highest BCUT2D eigenvalue weighted by molar-refractivity contribution is 5.90. The van der Waals surface area contributed by atoms with Crippen LogP contribution in [-0.2, 0) is 9.53 Å². The summed E-state index contributed by atoms with van der Waals surface area (Å²) < 4.78 is 6.38. The molecule has 4 bridgehead atoms. The lowest BCUT2D eigenvalue weighted by molar-refractivity contribution is -0.160. The molecule has 1 saturated carbocycles. The maximum absolute atomic E-state index is 13.1. The highest BCUT2D eigenvalue weighted by atomic mass is 16.5. The molecule has 2 aliphatic carbocycles. The molecule has 2 heteroatoms. The summed E-state index contributed by atoms with van der Waals surface area (Å²) in [6.45, 7) is 8.78. The fourth-order valence-corrected chi connectivity index (χ4v) is 4.25. The topological polar surface area (TPSA) is 26.3 Å². The first-order valence-corrected chi connectivity index (χ1v) is 8.41. The van der Waals surface area contributed by atoms with Gasteiger partial charge in [0.1, 0.15) is 5.78 Å². The molecule has 5 rings (SSSR count). The smallest absolute Gasteiger partial charge is 0.148 e. The lowest BCUT2D eigenvalue weighted by Gasteiger charge is -2.49. The molecular weight excluding hydrogens is 260 g/mol. The number of rotatable bonds is 0. The van der Waals surface area contributed by atoms with E-state index in [1.165, 1.54) is 5.57 Å². The zero-order valence-electron chi connectivity index (χ0n) is 13.8. The van der Waals surface area contributed by atoms with Crippen molar-refractivity contribution in [1.82, 2.24) is 0 Å². The van der Waals surface area contributed by atoms with Crippen molar-refractivity contribution in [1.29, 1.82) is 0 Å². The molecule has 0 aromatic rings. The van der Waals surface area contributed by atoms with E-state index in [-0.39, 0.29) is 23.0 Å². The Labute approximate surface area is 128 Å². The Balaban J connectivity index is 2.02. The minimum Gasteiger partial charge on any atom is -0.367 e. The second-order valence-corrected chi connectivity index (χ2v) is 7.86. The van der Waals surface area contributed by atoms with Gasteiger partial charge in [0.05, 0.1) is 17.6 Å². The van der Waals surface area contributed by atoms with Crippen LogP contribution in [0.25, 0.3) is 0 Å². The van der Waals surface area contributed by atoms with Gasteiger partial charge in [-0.15, -0.1) is 0 Å². The molecule has 5 aliphatic rings. The fraction of sp³-hybridized carbons (Fsp3) is 0.737. The summed E-state index contributed by atoms with van der Waals surface area (Å²) in [6, 6.07) is 0. The highest BCUT2D eigenvalue weighted by Gasteiger charge is 2.51. The van der Waals surface area contributed by atoms with Gasteiger partial charge in [0.2, 0.25) is 0 Å². The first kappa shape index (κ1) is 15.0. The van der Waals surface area contributed by atoms with Crippen LogP contribution in [0.1, 0.15) is 59.8 Å². The number of carbonyl (C=O) groups excluding carboxylic acids is 1. The van der Waals surface area contributed by atoms with Gasteiger partial charge < -0.3 is 4.74 Å². The molecule has 0 saturated heterocycles. The third-order valence-corrected chi connectivity index (χ3v) is 6.19. The number of hydrogen-bond donors (Lipinski definition) is 0. The molecule has 21 heavy (non-hydrogen) atoms. The number of fused-ring (bicyclic) bond motifs is 1. The van der Waals surface area contributed by atoms with Crippen LogP contribution in [0.2, 0.25) is 0 Å². The van der Waals surface area contributed by atoms with Crippen LogP contribution in [0.5, 0.6) is 0 Å². The quantitative estimate of drug-likeness (QED) is 0.615. The van der Waals surface area contributed by atoms with Gasteiger partial charge in [-0.1, -0.05) is 37.6 Å². The SMILES string of the molecule is C/C1=C/CC[C@@]2(C)C=CC3C(=O)[C@@](C)(CC1)[C@H](C)CC3O2. The monoisotopic (exact) mass is 288 g/mol. The zero-order valence-corrected chi connectivity index (χ0v) is 13.8. The van der Waals surface area contributed by atoms with Crippen molar-refractivity contribution in [2.45, 2.75) is 71.5 Å². The molecule has 116 valence electrons. The van der Waals surface area contributed by atoms with Crippen LogP contribution < -0.4 is 0 Å². The molecule has 0 spiro atoms. The first-order valence-electron chi connectivity index (χ1n) is 8.41. The van der Waals surface area contributed by atoms with E-state index < -0.39 is 0 Å². The average molecular weight is 288 g/mol. The maximum Gasteiger partial charge on any atom is 0.148 e. The van der Waals surface area contributed by atoms with E-state index in [0.29, 0.717) is 11.7 Å². The second kappa shape index (κ2) is 5.08. The van der Waals surface area contributed by atoms with Gasteiger partial charge in [0, 0.05) is 5.41 Å². The molecule has 2 unspecified atom stereocenters. The molecule has 0 radical (unpaired) electrons. The lowest BCUT2D eigenvalue weighted by Crippen LogP contribution is -2.53. The van der Waals surface area contributed by atoms with E-state index in [2.05, 4.69) is 45.9 Å². The predicted molar refractivity (Wildman–Crippen MR) is 85.0 cm³/mol. The van der Waals surface area contributed by atoms with E-state index in [9.17, 15) is 4.79 Å². The average Bonchev–Trinajstić information content (AvgIpc) is 2.42. The predicted octanol–water partition coefficient (Wildman–Crippen LogP) is 4.45. The summed E-state index contributed by atoms with van der Waals surface area (Å²) >= 11 is 0. The van der Waals surface area contributed by atoms with Gasteiger partial charge in [0.25, 0.3) is 0 Å². The van der Waals surface area contributed by atoms with Gasteiger partial charge in [-0.2, -0.15) is 0 Å². The van der Waals surface area contributed by atoms with Crippen LogP contribution in [0.4, 0.5) is 0 Å². The molecule has 3 aliphatic heterocycles. The first-order chi connectivity index (χ1) is 9.84. The van der Waals surface area contributed by atoms with Crippen molar-refractivity contribution in [3.63, 3.8) is 0 Å². The number of Topliss-reactive ketones (excluding diaryl/α,β-unsaturated/α-hetero) is 1. The van der Waals surface area contributed by atoms with Crippen LogP contribution in [0.3, 0.4) is 0 Å². The molecule has 0 amide bonds. The Kier molecular flexibility index (Phi) is 3.64. The van der Waals surface area contributed by atoms with Crippen molar-refractivity contribution in [3.05, 3.63) is 23.8 Å². The minimum absolute atomic E-state index is 0.0250. The maximum atomic E-state index is 13.1. The number of ketones is 1. The molecule has 0 N–H and O–H groups in total. The molecule has 5 atom stereocenters. The van der Waals surface area contributed by atoms with Crippen molar-refractivity contribution in [2.24, 2.45) is 17.3 Å². The zero-order chi connectivity index (χ0) is 15.3. The van der Waals surface area contributed by atoms with Gasteiger partial charge in [-0.3, -0.25) is 4.79 Å². The molecule has 3 heterocycles. The van der Waals surface area contributed by atoms with E-state index in [0.717, 1.165) is 32.1 Å². The number of hydrogen-bond acceptors (Lipinski definition) is 2. The molecule has 0 aromatic carbocycles. The Hall–Kier alpha value is -0.890. The third kappa shape index (κ3) is 2.52. The van der Waals surface area contributed by atoms with E-state index in [1.807, 2.05) is 0 Å². The van der Waals surface area contributed by atoms with E-state index in [1.54, 1.807) is 0 Å². The molecular formula is C19H28O2. The summed E-state index contributed by atoms with van der Waals surface area (Å²) in [5.74, 6) is 0.773. The minimum atomic E-state index is -0.203. The van der Waals surface area contributed by atoms with Crippen LogP contribution >= 0.6 is 0 Å². The number of allylic oxidation sites excluding steroid dienone is 2. The molecule has 0 aromatic heterocycles. The Morgan fingerprint density at radius 3 is 2.81 bits per heavy atom. The van der Waals surface area contributed by atoms with Crippen LogP contribution in [0, 0.1) is 17.3 Å². The van der Waals surface area contributed by atoms with Crippen molar-refractivity contribution >= 4 is 5.78 Å². The Morgan fingerprint density at radius 2 is 2.05 bits per heavy atom. The third-order valence-electron chi connectivity index (χ3n) is 6.19. The molecule has 1 fully saturated rings. The van der Waals surface area contributed by atoms with E-state index >= 15 is 0 Å². The standard InChI is InChI=1S/C19H28O2/c1-13-6-5-9-18(3)10-8-15-16(21-18)12-14(2)19(4,11-7-13)17(15)20/h6,8,10,14-16H,5,7,9,11-12H2,1-4H3/b13-6-/t14-,15?,16?,18+,19+/m1/s1. The molecule has 2 nitrogen and oxygen atoms in total. The summed E-state index contributed by atoms with van der Waals surface area (Å²) in [5.41, 5.74) is 1.02. The van der Waals surface area contributed by atoms with Gasteiger partial charge in [-0.25, -0.2) is 0 Å². The second-order valence-electron chi connectivity index (χ2n) is 7.86. The summed E-state index contributed by atoms with van der Waals surface area (Å²) in [4.78, 5) is 13.1. The normalized spacial score (nSPS) is 49.4. The van der Waals surface area contributed by atoms with Crippen molar-refractivity contribution in [2.75, 3.05) is 0 Å². The summed E-state index contributed by atoms with van der Waals surface area (Å²) in [7, 11) is 0. The lowest BCUT2D eigenvalue weighted by atomic mass is 9.59. The Morgan fingerprint density at radius 1 is 1.29 bits per heavy atom. The van der Waals surface area contributed by atoms with Gasteiger partial charge in [0.15, 0.2) is 0 Å². The Bertz CT molecular complexity index is 504. The highest BCUT2D eigenvalue weighted by Crippen LogP contribution is 2.48. The fourth-order valence-electron chi connectivity index (χ4n) is 4.25. The van der Waals surface area contributed by atoms with Crippen molar-refractivity contribution < 1.29 is 9.53 Å². The van der Waals surface area contributed by atoms with Gasteiger partial charge >= 0.3 is 0 Å². The van der Waals surface area contributed by atoms with Crippen LogP contribution in [-0.4, -0.2) is 17.5 Å². The summed E-state index contributed by atoms with van der Waals surface area (Å²) in [5, 5.41) is 0.